The fraction of sp³-hybridized carbons (Fsp3) is 0.333. The van der Waals surface area contributed by atoms with Gasteiger partial charge < -0.3 is 10.1 Å². The standard InChI is InChI=1S/C18H21NO/c1-2-4-16(5-3-1)17-6-8-18(9-7-17)19-14-15-10-12-20-13-11-15/h1-9,15,19H,10-14H2. The summed E-state index contributed by atoms with van der Waals surface area (Å²) < 4.78 is 5.39. The van der Waals surface area contributed by atoms with Crippen molar-refractivity contribution < 1.29 is 4.74 Å². The van der Waals surface area contributed by atoms with Crippen molar-refractivity contribution in [1.29, 1.82) is 0 Å². The summed E-state index contributed by atoms with van der Waals surface area (Å²) >= 11 is 0. The molecule has 0 spiro atoms. The molecule has 0 bridgehead atoms. The van der Waals surface area contributed by atoms with Crippen LogP contribution in [0.3, 0.4) is 0 Å². The second-order valence-electron chi connectivity index (χ2n) is 5.38. The molecule has 0 amide bonds. The van der Waals surface area contributed by atoms with Gasteiger partial charge in [0.2, 0.25) is 0 Å². The summed E-state index contributed by atoms with van der Waals surface area (Å²) in [7, 11) is 0. The van der Waals surface area contributed by atoms with Gasteiger partial charge in [-0.15, -0.1) is 0 Å². The monoisotopic (exact) mass is 267 g/mol. The highest BCUT2D eigenvalue weighted by Gasteiger charge is 2.13. The lowest BCUT2D eigenvalue weighted by Crippen LogP contribution is -2.22. The van der Waals surface area contributed by atoms with E-state index in [1.165, 1.54) is 29.7 Å². The molecule has 0 atom stereocenters. The maximum absolute atomic E-state index is 5.39. The molecule has 0 saturated carbocycles. The first-order valence-corrected chi connectivity index (χ1v) is 7.39. The highest BCUT2D eigenvalue weighted by molar-refractivity contribution is 5.65. The van der Waals surface area contributed by atoms with Gasteiger partial charge in [0.05, 0.1) is 0 Å². The molecule has 1 saturated heterocycles. The molecule has 0 aromatic heterocycles. The van der Waals surface area contributed by atoms with E-state index < -0.39 is 0 Å². The predicted molar refractivity (Wildman–Crippen MR) is 83.9 cm³/mol. The number of benzene rings is 2. The second-order valence-corrected chi connectivity index (χ2v) is 5.38. The SMILES string of the molecule is c1ccc(-c2ccc(NCC3CCOCC3)cc2)cc1. The molecule has 3 rings (SSSR count). The molecule has 20 heavy (non-hydrogen) atoms. The smallest absolute Gasteiger partial charge is 0.0469 e. The molecule has 1 fully saturated rings. The Morgan fingerprint density at radius 2 is 1.50 bits per heavy atom. The maximum Gasteiger partial charge on any atom is 0.0469 e. The fourth-order valence-corrected chi connectivity index (χ4v) is 2.62. The molecule has 0 radical (unpaired) electrons. The van der Waals surface area contributed by atoms with Crippen LogP contribution in [-0.2, 0) is 4.74 Å². The minimum atomic E-state index is 0.748. The van der Waals surface area contributed by atoms with Crippen LogP contribution >= 0.6 is 0 Å². The van der Waals surface area contributed by atoms with Crippen LogP contribution < -0.4 is 5.32 Å². The van der Waals surface area contributed by atoms with Gasteiger partial charge in [-0.2, -0.15) is 0 Å². The maximum atomic E-state index is 5.39. The van der Waals surface area contributed by atoms with E-state index in [0.717, 1.165) is 25.7 Å². The average molecular weight is 267 g/mol. The van der Waals surface area contributed by atoms with Crippen LogP contribution in [0.1, 0.15) is 12.8 Å². The van der Waals surface area contributed by atoms with Crippen LogP contribution in [0.2, 0.25) is 0 Å². The van der Waals surface area contributed by atoms with Crippen molar-refractivity contribution in [1.82, 2.24) is 0 Å². The molecule has 2 heteroatoms. The summed E-state index contributed by atoms with van der Waals surface area (Å²) in [5.41, 5.74) is 3.74. The molecule has 2 nitrogen and oxygen atoms in total. The normalized spacial score (nSPS) is 16.0. The number of anilines is 1. The van der Waals surface area contributed by atoms with Crippen LogP contribution in [0.4, 0.5) is 5.69 Å². The number of hydrogen-bond acceptors (Lipinski definition) is 2. The van der Waals surface area contributed by atoms with Gasteiger partial charge in [0, 0.05) is 25.4 Å². The van der Waals surface area contributed by atoms with Crippen molar-refractivity contribution in [2.24, 2.45) is 5.92 Å². The Balaban J connectivity index is 1.58. The van der Waals surface area contributed by atoms with E-state index >= 15 is 0 Å². The van der Waals surface area contributed by atoms with Crippen LogP contribution in [0, 0.1) is 5.92 Å². The van der Waals surface area contributed by atoms with Crippen molar-refractivity contribution in [3.8, 4) is 11.1 Å². The molecule has 2 aromatic rings. The summed E-state index contributed by atoms with van der Waals surface area (Å²) in [6.45, 7) is 2.88. The van der Waals surface area contributed by atoms with Crippen LogP contribution in [0.5, 0.6) is 0 Å². The lowest BCUT2D eigenvalue weighted by Gasteiger charge is -2.22. The molecule has 1 N–H and O–H groups in total. The minimum Gasteiger partial charge on any atom is -0.385 e. The number of rotatable bonds is 4. The molecule has 1 heterocycles. The van der Waals surface area contributed by atoms with Crippen LogP contribution in [0.25, 0.3) is 11.1 Å². The molecular weight excluding hydrogens is 246 g/mol. The van der Waals surface area contributed by atoms with Gasteiger partial charge in [-0.05, 0) is 42.0 Å². The van der Waals surface area contributed by atoms with Crippen LogP contribution in [-0.4, -0.2) is 19.8 Å². The zero-order chi connectivity index (χ0) is 13.6. The molecular formula is C18H21NO. The van der Waals surface area contributed by atoms with Gasteiger partial charge in [0.1, 0.15) is 0 Å². The second kappa shape index (κ2) is 6.58. The van der Waals surface area contributed by atoms with Crippen molar-refractivity contribution in [2.75, 3.05) is 25.1 Å². The van der Waals surface area contributed by atoms with E-state index in [1.807, 2.05) is 6.07 Å². The topological polar surface area (TPSA) is 21.3 Å². The summed E-state index contributed by atoms with van der Waals surface area (Å²) in [6.07, 6.45) is 2.35. The Kier molecular flexibility index (Phi) is 4.34. The van der Waals surface area contributed by atoms with E-state index in [1.54, 1.807) is 0 Å². The van der Waals surface area contributed by atoms with E-state index in [9.17, 15) is 0 Å². The first kappa shape index (κ1) is 13.2. The summed E-state index contributed by atoms with van der Waals surface area (Å²) in [6, 6.07) is 19.2. The third-order valence-corrected chi connectivity index (χ3v) is 3.93. The zero-order valence-electron chi connectivity index (χ0n) is 11.7. The van der Waals surface area contributed by atoms with E-state index in [-0.39, 0.29) is 0 Å². The Morgan fingerprint density at radius 1 is 0.850 bits per heavy atom. The molecule has 1 aliphatic heterocycles. The van der Waals surface area contributed by atoms with Gasteiger partial charge in [-0.3, -0.25) is 0 Å². The molecule has 1 aliphatic rings. The number of nitrogens with one attached hydrogen (secondary N) is 1. The first-order valence-electron chi connectivity index (χ1n) is 7.39. The minimum absolute atomic E-state index is 0.748. The highest BCUT2D eigenvalue weighted by atomic mass is 16.5. The summed E-state index contributed by atoms with van der Waals surface area (Å²) in [5.74, 6) is 0.748. The lowest BCUT2D eigenvalue weighted by molar-refractivity contribution is 0.0699. The zero-order valence-corrected chi connectivity index (χ0v) is 11.7. The van der Waals surface area contributed by atoms with E-state index in [4.69, 9.17) is 4.74 Å². The molecule has 0 aliphatic carbocycles. The number of hydrogen-bond donors (Lipinski definition) is 1. The van der Waals surface area contributed by atoms with Gasteiger partial charge in [0.15, 0.2) is 0 Å². The first-order chi connectivity index (χ1) is 9.92. The Bertz CT molecular complexity index is 515. The predicted octanol–water partition coefficient (Wildman–Crippen LogP) is 4.19. The van der Waals surface area contributed by atoms with Gasteiger partial charge >= 0.3 is 0 Å². The van der Waals surface area contributed by atoms with Crippen LogP contribution in [0.15, 0.2) is 54.6 Å². The van der Waals surface area contributed by atoms with E-state index in [2.05, 4.69) is 53.8 Å². The van der Waals surface area contributed by atoms with Crippen molar-refractivity contribution in [3.63, 3.8) is 0 Å². The molecule has 2 aromatic carbocycles. The van der Waals surface area contributed by atoms with Crippen molar-refractivity contribution in [3.05, 3.63) is 54.6 Å². The molecule has 0 unspecified atom stereocenters. The van der Waals surface area contributed by atoms with Gasteiger partial charge in [-0.1, -0.05) is 42.5 Å². The largest absolute Gasteiger partial charge is 0.385 e. The number of ether oxygens (including phenoxy) is 1. The quantitative estimate of drug-likeness (QED) is 0.896. The van der Waals surface area contributed by atoms with Gasteiger partial charge in [0.25, 0.3) is 0 Å². The van der Waals surface area contributed by atoms with Crippen molar-refractivity contribution in [2.45, 2.75) is 12.8 Å². The fourth-order valence-electron chi connectivity index (χ4n) is 2.62. The van der Waals surface area contributed by atoms with E-state index in [0.29, 0.717) is 0 Å². The Hall–Kier alpha value is -1.80. The Labute approximate surface area is 120 Å². The average Bonchev–Trinajstić information content (AvgIpc) is 2.55. The highest BCUT2D eigenvalue weighted by Crippen LogP contribution is 2.22. The third kappa shape index (κ3) is 3.40. The summed E-state index contributed by atoms with van der Waals surface area (Å²) in [4.78, 5) is 0. The lowest BCUT2D eigenvalue weighted by atomic mass is 10.0. The van der Waals surface area contributed by atoms with Crippen molar-refractivity contribution >= 4 is 5.69 Å². The summed E-state index contributed by atoms with van der Waals surface area (Å²) in [5, 5.41) is 3.54. The Morgan fingerprint density at radius 3 is 2.20 bits per heavy atom. The third-order valence-electron chi connectivity index (χ3n) is 3.93. The van der Waals surface area contributed by atoms with Gasteiger partial charge in [-0.25, -0.2) is 0 Å². The molecule has 104 valence electrons.